The molecule has 4 rings (SSSR count). The van der Waals surface area contributed by atoms with Gasteiger partial charge in [-0.1, -0.05) is 43.3 Å². The van der Waals surface area contributed by atoms with Crippen molar-refractivity contribution in [1.82, 2.24) is 10.3 Å². The van der Waals surface area contributed by atoms with Crippen molar-refractivity contribution < 1.29 is 9.59 Å². The van der Waals surface area contributed by atoms with E-state index in [1.54, 1.807) is 12.3 Å². The highest BCUT2D eigenvalue weighted by Gasteiger charge is 2.21. The van der Waals surface area contributed by atoms with Gasteiger partial charge in [-0.2, -0.15) is 0 Å². The number of rotatable bonds is 4. The van der Waals surface area contributed by atoms with Crippen LogP contribution in [0, 0.1) is 0 Å². The largest absolute Gasteiger partial charge is 0.341 e. The van der Waals surface area contributed by atoms with E-state index in [1.807, 2.05) is 31.2 Å². The highest BCUT2D eigenvalue weighted by molar-refractivity contribution is 6.40. The number of nitrogens with one attached hydrogen (secondary N) is 2. The number of aryl methyl sites for hydroxylation is 2. The molecule has 1 heterocycles. The molecule has 1 aliphatic rings. The standard InChI is InChI=1S/C24H25N3O2/c1-2-20(19-13-12-16-7-3-4-8-18(16)15-19)26-23(28)24(29)27-21-11-5-9-17-10-6-14-25-22(17)21/h5-6,9-15,20H,2-4,7-8H2,1H3,(H,26,28)(H,27,29). The molecular formula is C24H25N3O2. The van der Waals surface area contributed by atoms with E-state index in [2.05, 4.69) is 33.8 Å². The molecule has 0 radical (unpaired) electrons. The van der Waals surface area contributed by atoms with Crippen LogP contribution in [-0.4, -0.2) is 16.8 Å². The number of fused-ring (bicyclic) bond motifs is 2. The summed E-state index contributed by atoms with van der Waals surface area (Å²) in [4.78, 5) is 29.4. The summed E-state index contributed by atoms with van der Waals surface area (Å²) in [7, 11) is 0. The van der Waals surface area contributed by atoms with Gasteiger partial charge in [-0.15, -0.1) is 0 Å². The number of pyridine rings is 1. The van der Waals surface area contributed by atoms with E-state index in [0.29, 0.717) is 17.6 Å². The lowest BCUT2D eigenvalue weighted by atomic mass is 9.89. The molecule has 1 aromatic heterocycles. The number of para-hydroxylation sites is 1. The molecule has 0 saturated carbocycles. The third kappa shape index (κ3) is 4.14. The molecule has 1 atom stereocenters. The van der Waals surface area contributed by atoms with E-state index in [-0.39, 0.29) is 6.04 Å². The van der Waals surface area contributed by atoms with Gasteiger partial charge in [-0.05, 0) is 60.9 Å². The Labute approximate surface area is 170 Å². The van der Waals surface area contributed by atoms with Crippen LogP contribution in [0.4, 0.5) is 5.69 Å². The predicted octanol–water partition coefficient (Wildman–Crippen LogP) is 4.32. The number of benzene rings is 2. The third-order valence-electron chi connectivity index (χ3n) is 5.58. The van der Waals surface area contributed by atoms with Crippen molar-refractivity contribution >= 4 is 28.4 Å². The first-order chi connectivity index (χ1) is 14.2. The molecule has 5 heteroatoms. The number of aromatic nitrogens is 1. The maximum absolute atomic E-state index is 12.6. The van der Waals surface area contributed by atoms with Crippen LogP contribution < -0.4 is 10.6 Å². The van der Waals surface area contributed by atoms with Gasteiger partial charge in [0.25, 0.3) is 0 Å². The number of carbonyl (C=O) groups excluding carboxylic acids is 2. The summed E-state index contributed by atoms with van der Waals surface area (Å²) in [5, 5.41) is 6.50. The number of carbonyl (C=O) groups is 2. The summed E-state index contributed by atoms with van der Waals surface area (Å²) in [5.41, 5.74) is 5.03. The van der Waals surface area contributed by atoms with Gasteiger partial charge in [0.05, 0.1) is 17.2 Å². The Morgan fingerprint density at radius 1 is 1.00 bits per heavy atom. The summed E-state index contributed by atoms with van der Waals surface area (Å²) in [6.07, 6.45) is 7.04. The number of anilines is 1. The van der Waals surface area contributed by atoms with Gasteiger partial charge in [-0.25, -0.2) is 0 Å². The normalized spacial score (nSPS) is 14.1. The van der Waals surface area contributed by atoms with Crippen LogP contribution in [0.3, 0.4) is 0 Å². The van der Waals surface area contributed by atoms with E-state index in [0.717, 1.165) is 23.8 Å². The van der Waals surface area contributed by atoms with Crippen molar-refractivity contribution in [2.75, 3.05) is 5.32 Å². The van der Waals surface area contributed by atoms with Crippen LogP contribution in [0.15, 0.2) is 54.7 Å². The Hall–Kier alpha value is -3.21. The van der Waals surface area contributed by atoms with Gasteiger partial charge < -0.3 is 10.6 Å². The quantitative estimate of drug-likeness (QED) is 0.655. The molecule has 1 unspecified atom stereocenters. The molecular weight excluding hydrogens is 362 g/mol. The number of nitrogens with zero attached hydrogens (tertiary/aromatic N) is 1. The topological polar surface area (TPSA) is 71.1 Å². The molecule has 29 heavy (non-hydrogen) atoms. The second kappa shape index (κ2) is 8.43. The lowest BCUT2D eigenvalue weighted by Gasteiger charge is -2.21. The van der Waals surface area contributed by atoms with Gasteiger partial charge in [0.1, 0.15) is 0 Å². The fourth-order valence-corrected chi connectivity index (χ4v) is 4.00. The zero-order chi connectivity index (χ0) is 20.2. The molecule has 2 amide bonds. The van der Waals surface area contributed by atoms with E-state index < -0.39 is 11.8 Å². The molecule has 1 aliphatic carbocycles. The van der Waals surface area contributed by atoms with Gasteiger partial charge in [0.2, 0.25) is 0 Å². The molecule has 148 valence electrons. The van der Waals surface area contributed by atoms with E-state index >= 15 is 0 Å². The van der Waals surface area contributed by atoms with Crippen molar-refractivity contribution in [3.63, 3.8) is 0 Å². The summed E-state index contributed by atoms with van der Waals surface area (Å²) < 4.78 is 0. The van der Waals surface area contributed by atoms with Crippen molar-refractivity contribution in [3.05, 3.63) is 71.4 Å². The highest BCUT2D eigenvalue weighted by atomic mass is 16.2. The van der Waals surface area contributed by atoms with Crippen LogP contribution in [-0.2, 0) is 22.4 Å². The van der Waals surface area contributed by atoms with Crippen LogP contribution in [0.2, 0.25) is 0 Å². The van der Waals surface area contributed by atoms with E-state index in [4.69, 9.17) is 0 Å². The average Bonchev–Trinajstić information content (AvgIpc) is 2.77. The minimum atomic E-state index is -0.681. The van der Waals surface area contributed by atoms with Crippen LogP contribution in [0.5, 0.6) is 0 Å². The summed E-state index contributed by atoms with van der Waals surface area (Å²) in [6, 6.07) is 15.5. The average molecular weight is 387 g/mol. The predicted molar refractivity (Wildman–Crippen MR) is 115 cm³/mol. The summed E-state index contributed by atoms with van der Waals surface area (Å²) >= 11 is 0. The van der Waals surface area contributed by atoms with Gasteiger partial charge in [-0.3, -0.25) is 14.6 Å². The van der Waals surface area contributed by atoms with Crippen LogP contribution in [0.1, 0.15) is 48.9 Å². The Morgan fingerprint density at radius 2 is 1.79 bits per heavy atom. The number of amides is 2. The second-order valence-electron chi connectivity index (χ2n) is 7.50. The minimum Gasteiger partial charge on any atom is -0.341 e. The van der Waals surface area contributed by atoms with Crippen molar-refractivity contribution in [2.24, 2.45) is 0 Å². The van der Waals surface area contributed by atoms with Crippen LogP contribution in [0.25, 0.3) is 10.9 Å². The smallest absolute Gasteiger partial charge is 0.313 e. The first-order valence-corrected chi connectivity index (χ1v) is 10.2. The fraction of sp³-hybridized carbons (Fsp3) is 0.292. The maximum atomic E-state index is 12.6. The molecule has 3 aromatic rings. The second-order valence-corrected chi connectivity index (χ2v) is 7.50. The summed E-state index contributed by atoms with van der Waals surface area (Å²) in [5.74, 6) is -1.32. The molecule has 0 aliphatic heterocycles. The Balaban J connectivity index is 1.48. The molecule has 2 aromatic carbocycles. The zero-order valence-corrected chi connectivity index (χ0v) is 16.6. The zero-order valence-electron chi connectivity index (χ0n) is 16.6. The van der Waals surface area contributed by atoms with Gasteiger partial charge in [0, 0.05) is 11.6 Å². The van der Waals surface area contributed by atoms with Gasteiger partial charge in [0.15, 0.2) is 0 Å². The Morgan fingerprint density at radius 3 is 2.62 bits per heavy atom. The van der Waals surface area contributed by atoms with Crippen molar-refractivity contribution in [1.29, 1.82) is 0 Å². The van der Waals surface area contributed by atoms with Crippen molar-refractivity contribution in [3.8, 4) is 0 Å². The summed E-state index contributed by atoms with van der Waals surface area (Å²) in [6.45, 7) is 2.01. The molecule has 5 nitrogen and oxygen atoms in total. The first kappa shape index (κ1) is 19.1. The molecule has 2 N–H and O–H groups in total. The molecule has 0 spiro atoms. The Bertz CT molecular complexity index is 1060. The molecule has 0 fully saturated rings. The van der Waals surface area contributed by atoms with Crippen molar-refractivity contribution in [2.45, 2.75) is 45.1 Å². The fourth-order valence-electron chi connectivity index (χ4n) is 4.00. The third-order valence-corrected chi connectivity index (χ3v) is 5.58. The maximum Gasteiger partial charge on any atom is 0.313 e. The SMILES string of the molecule is CCC(NC(=O)C(=O)Nc1cccc2cccnc12)c1ccc2c(c1)CCCC2. The van der Waals surface area contributed by atoms with Crippen LogP contribution >= 0.6 is 0 Å². The monoisotopic (exact) mass is 387 g/mol. The Kier molecular flexibility index (Phi) is 5.56. The lowest BCUT2D eigenvalue weighted by molar-refractivity contribution is -0.136. The molecule has 0 bridgehead atoms. The van der Waals surface area contributed by atoms with E-state index in [1.165, 1.54) is 24.0 Å². The minimum absolute atomic E-state index is 0.189. The lowest BCUT2D eigenvalue weighted by Crippen LogP contribution is -2.37. The highest BCUT2D eigenvalue weighted by Crippen LogP contribution is 2.26. The number of hydrogen-bond acceptors (Lipinski definition) is 3. The van der Waals surface area contributed by atoms with E-state index in [9.17, 15) is 9.59 Å². The molecule has 0 saturated heterocycles. The van der Waals surface area contributed by atoms with Gasteiger partial charge >= 0.3 is 11.8 Å². The first-order valence-electron chi connectivity index (χ1n) is 10.2. The number of hydrogen-bond donors (Lipinski definition) is 2.